The zero-order valence-electron chi connectivity index (χ0n) is 17.5. The summed E-state index contributed by atoms with van der Waals surface area (Å²) in [5, 5.41) is 21.1. The number of amides is 1. The average Bonchev–Trinajstić information content (AvgIpc) is 3.06. The number of rotatable bonds is 5. The molecule has 1 fully saturated rings. The van der Waals surface area contributed by atoms with Crippen molar-refractivity contribution in [1.82, 2.24) is 0 Å². The van der Waals surface area contributed by atoms with E-state index in [1.165, 1.54) is 54.6 Å². The second-order valence-electron chi connectivity index (χ2n) is 7.32. The van der Waals surface area contributed by atoms with Gasteiger partial charge in [-0.25, -0.2) is 4.39 Å². The maximum absolute atomic E-state index is 14.0. The summed E-state index contributed by atoms with van der Waals surface area (Å²) in [5.74, 6) is -2.56. The van der Waals surface area contributed by atoms with E-state index in [9.17, 15) is 24.2 Å². The van der Waals surface area contributed by atoms with Crippen LogP contribution in [0.2, 0.25) is 5.02 Å². The van der Waals surface area contributed by atoms with Crippen molar-refractivity contribution in [2.45, 2.75) is 13.0 Å². The highest BCUT2D eigenvalue weighted by Gasteiger charge is 2.47. The molecule has 1 unspecified atom stereocenters. The Bertz CT molecular complexity index is 1270. The highest BCUT2D eigenvalue weighted by atomic mass is 35.5. The molecular formula is C25H19ClFNO5. The van der Waals surface area contributed by atoms with Crippen LogP contribution in [0.4, 0.5) is 10.1 Å². The molecule has 0 aromatic heterocycles. The summed E-state index contributed by atoms with van der Waals surface area (Å²) in [4.78, 5) is 27.3. The smallest absolute Gasteiger partial charge is 0.300 e. The van der Waals surface area contributed by atoms with Crippen molar-refractivity contribution in [1.29, 1.82) is 0 Å². The van der Waals surface area contributed by atoms with E-state index < -0.39 is 29.3 Å². The molecule has 1 aliphatic rings. The number of phenols is 1. The molecule has 8 heteroatoms. The SMILES string of the molecule is CCOc1ccc(Cl)c(/C(O)=C2\C(=O)C(=O)N(c3cccc(F)c3)C2c2ccc(O)cc2)c1. The van der Waals surface area contributed by atoms with Gasteiger partial charge in [0.2, 0.25) is 0 Å². The molecule has 2 N–H and O–H groups in total. The summed E-state index contributed by atoms with van der Waals surface area (Å²) in [7, 11) is 0. The van der Waals surface area contributed by atoms with Gasteiger partial charge in [-0.05, 0) is 61.0 Å². The van der Waals surface area contributed by atoms with Gasteiger partial charge in [0.25, 0.3) is 11.7 Å². The number of anilines is 1. The number of hydrogen-bond acceptors (Lipinski definition) is 5. The number of halogens is 2. The third-order valence-corrected chi connectivity index (χ3v) is 5.57. The maximum Gasteiger partial charge on any atom is 0.300 e. The summed E-state index contributed by atoms with van der Waals surface area (Å²) in [6.07, 6.45) is 0. The minimum absolute atomic E-state index is 0.0195. The first-order chi connectivity index (χ1) is 15.8. The van der Waals surface area contributed by atoms with Crippen molar-refractivity contribution in [3.05, 3.63) is 94.3 Å². The number of ketones is 1. The molecule has 0 saturated carbocycles. The lowest BCUT2D eigenvalue weighted by molar-refractivity contribution is -0.132. The number of aliphatic hydroxyl groups excluding tert-OH is 1. The second-order valence-corrected chi connectivity index (χ2v) is 7.72. The fourth-order valence-corrected chi connectivity index (χ4v) is 3.99. The summed E-state index contributed by atoms with van der Waals surface area (Å²) in [6, 6.07) is 14.6. The van der Waals surface area contributed by atoms with E-state index in [0.29, 0.717) is 17.9 Å². The lowest BCUT2D eigenvalue weighted by atomic mass is 9.95. The molecule has 1 atom stereocenters. The van der Waals surface area contributed by atoms with Crippen molar-refractivity contribution in [2.75, 3.05) is 11.5 Å². The molecule has 0 spiro atoms. The van der Waals surface area contributed by atoms with Crippen LogP contribution in [0.15, 0.2) is 72.3 Å². The summed E-state index contributed by atoms with van der Waals surface area (Å²) < 4.78 is 19.4. The van der Waals surface area contributed by atoms with Crippen LogP contribution in [-0.4, -0.2) is 28.5 Å². The Morgan fingerprint density at radius 1 is 1.09 bits per heavy atom. The molecule has 1 saturated heterocycles. The van der Waals surface area contributed by atoms with Crippen LogP contribution in [0.25, 0.3) is 5.76 Å². The Labute approximate surface area is 194 Å². The van der Waals surface area contributed by atoms with Gasteiger partial charge in [0, 0.05) is 11.3 Å². The number of phenolic OH excluding ortho intramolecular Hbond substituents is 1. The second kappa shape index (κ2) is 8.96. The number of carbonyl (C=O) groups is 2. The number of nitrogens with zero attached hydrogens (tertiary/aromatic N) is 1. The van der Waals surface area contributed by atoms with Crippen molar-refractivity contribution in [2.24, 2.45) is 0 Å². The number of benzene rings is 3. The molecule has 3 aromatic rings. The van der Waals surface area contributed by atoms with E-state index in [1.54, 1.807) is 13.0 Å². The van der Waals surface area contributed by atoms with Crippen molar-refractivity contribution in [3.8, 4) is 11.5 Å². The number of aromatic hydroxyl groups is 1. The summed E-state index contributed by atoms with van der Waals surface area (Å²) in [6.45, 7) is 2.17. The monoisotopic (exact) mass is 467 g/mol. The molecule has 3 aromatic carbocycles. The lowest BCUT2D eigenvalue weighted by Crippen LogP contribution is -2.29. The maximum atomic E-state index is 14.0. The first-order valence-electron chi connectivity index (χ1n) is 10.1. The Morgan fingerprint density at radius 2 is 1.82 bits per heavy atom. The quantitative estimate of drug-likeness (QED) is 0.305. The highest BCUT2D eigenvalue weighted by Crippen LogP contribution is 2.43. The highest BCUT2D eigenvalue weighted by molar-refractivity contribution is 6.52. The van der Waals surface area contributed by atoms with Gasteiger partial charge in [-0.1, -0.05) is 29.8 Å². The minimum atomic E-state index is -1.08. The topological polar surface area (TPSA) is 87.1 Å². The first kappa shape index (κ1) is 22.4. The summed E-state index contributed by atoms with van der Waals surface area (Å²) >= 11 is 6.30. The van der Waals surface area contributed by atoms with Gasteiger partial charge < -0.3 is 14.9 Å². The molecule has 4 rings (SSSR count). The first-order valence-corrected chi connectivity index (χ1v) is 10.5. The molecule has 0 bridgehead atoms. The van der Waals surface area contributed by atoms with Gasteiger partial charge in [0.05, 0.1) is 23.2 Å². The number of carbonyl (C=O) groups excluding carboxylic acids is 2. The molecule has 0 radical (unpaired) electrons. The predicted octanol–water partition coefficient (Wildman–Crippen LogP) is 5.21. The van der Waals surface area contributed by atoms with E-state index in [2.05, 4.69) is 0 Å². The number of aliphatic hydroxyl groups is 1. The van der Waals surface area contributed by atoms with Crippen molar-refractivity contribution >= 4 is 34.7 Å². The number of Topliss-reactive ketones (excluding diaryl/α,β-unsaturated/α-hetero) is 1. The van der Waals surface area contributed by atoms with Crippen LogP contribution < -0.4 is 9.64 Å². The van der Waals surface area contributed by atoms with Gasteiger partial charge in [0.15, 0.2) is 0 Å². The van der Waals surface area contributed by atoms with Gasteiger partial charge in [-0.15, -0.1) is 0 Å². The van der Waals surface area contributed by atoms with E-state index in [-0.39, 0.29) is 27.6 Å². The van der Waals surface area contributed by atoms with Gasteiger partial charge in [0.1, 0.15) is 23.1 Å². The summed E-state index contributed by atoms with van der Waals surface area (Å²) in [5.41, 5.74) is 0.465. The van der Waals surface area contributed by atoms with E-state index in [1.807, 2.05) is 0 Å². The number of hydrogen-bond donors (Lipinski definition) is 2. The third-order valence-electron chi connectivity index (χ3n) is 5.24. The minimum Gasteiger partial charge on any atom is -0.508 e. The van der Waals surface area contributed by atoms with Crippen molar-refractivity contribution < 1.29 is 28.9 Å². The van der Waals surface area contributed by atoms with E-state index in [0.717, 1.165) is 11.0 Å². The fourth-order valence-electron chi connectivity index (χ4n) is 3.78. The molecular weight excluding hydrogens is 449 g/mol. The Hall–Kier alpha value is -3.84. The normalized spacial score (nSPS) is 17.4. The molecule has 1 aliphatic heterocycles. The zero-order chi connectivity index (χ0) is 23.7. The van der Waals surface area contributed by atoms with Gasteiger partial charge in [-0.2, -0.15) is 0 Å². The van der Waals surface area contributed by atoms with E-state index in [4.69, 9.17) is 16.3 Å². The molecule has 6 nitrogen and oxygen atoms in total. The standard InChI is InChI=1S/C25H19ClFNO5/c1-2-33-18-10-11-20(26)19(13-18)23(30)21-22(14-6-8-17(29)9-7-14)28(25(32)24(21)31)16-5-3-4-15(27)12-16/h3-13,22,29-30H,2H2,1H3/b23-21+. The van der Waals surface area contributed by atoms with Crippen LogP contribution in [0.1, 0.15) is 24.1 Å². The van der Waals surface area contributed by atoms with Crippen molar-refractivity contribution in [3.63, 3.8) is 0 Å². The Morgan fingerprint density at radius 3 is 2.48 bits per heavy atom. The molecule has 1 heterocycles. The molecule has 33 heavy (non-hydrogen) atoms. The Kier molecular flexibility index (Phi) is 6.07. The van der Waals surface area contributed by atoms with Crippen LogP contribution in [0.5, 0.6) is 11.5 Å². The molecule has 1 amide bonds. The lowest BCUT2D eigenvalue weighted by Gasteiger charge is -2.25. The Balaban J connectivity index is 1.96. The van der Waals surface area contributed by atoms with Crippen LogP contribution in [0.3, 0.4) is 0 Å². The van der Waals surface area contributed by atoms with Crippen LogP contribution >= 0.6 is 11.6 Å². The molecule has 0 aliphatic carbocycles. The fraction of sp³-hybridized carbons (Fsp3) is 0.120. The zero-order valence-corrected chi connectivity index (χ0v) is 18.2. The van der Waals surface area contributed by atoms with Gasteiger partial charge in [-0.3, -0.25) is 14.5 Å². The largest absolute Gasteiger partial charge is 0.508 e. The van der Waals surface area contributed by atoms with Crippen LogP contribution in [0, 0.1) is 5.82 Å². The van der Waals surface area contributed by atoms with Crippen LogP contribution in [-0.2, 0) is 9.59 Å². The average molecular weight is 468 g/mol. The molecule has 168 valence electrons. The number of ether oxygens (including phenoxy) is 1. The predicted molar refractivity (Wildman–Crippen MR) is 122 cm³/mol. The van der Waals surface area contributed by atoms with Gasteiger partial charge >= 0.3 is 0 Å². The third kappa shape index (κ3) is 4.15. The van der Waals surface area contributed by atoms with E-state index >= 15 is 0 Å².